The van der Waals surface area contributed by atoms with Gasteiger partial charge in [-0.2, -0.15) is 0 Å². The first kappa shape index (κ1) is 19.7. The molecule has 154 valence electrons. The first-order valence-corrected chi connectivity index (χ1v) is 9.63. The summed E-state index contributed by atoms with van der Waals surface area (Å²) in [7, 11) is 1.62. The lowest BCUT2D eigenvalue weighted by Gasteiger charge is -2.16. The number of hydrogen-bond donors (Lipinski definition) is 1. The number of hydrogen-bond acceptors (Lipinski definition) is 6. The lowest BCUT2D eigenvalue weighted by atomic mass is 9.94. The summed E-state index contributed by atoms with van der Waals surface area (Å²) in [5, 5.41) is 2.85. The number of benzene rings is 2. The van der Waals surface area contributed by atoms with Gasteiger partial charge in [-0.1, -0.05) is 18.2 Å². The van der Waals surface area contributed by atoms with Crippen LogP contribution in [-0.2, 0) is 10.2 Å². The molecule has 7 heteroatoms. The number of methoxy groups -OCH3 is 1. The Bertz CT molecular complexity index is 1050. The molecule has 0 radical (unpaired) electrons. The van der Waals surface area contributed by atoms with Crippen LogP contribution in [0.25, 0.3) is 0 Å². The highest BCUT2D eigenvalue weighted by Gasteiger charge is 2.51. The number of carbonyl (C=O) groups is 1. The minimum Gasteiger partial charge on any atom is -0.496 e. The summed E-state index contributed by atoms with van der Waals surface area (Å²) < 4.78 is 16.2. The Kier molecular flexibility index (Phi) is 5.27. The number of fused-ring (bicyclic) bond motifs is 1. The molecule has 1 fully saturated rings. The van der Waals surface area contributed by atoms with E-state index in [2.05, 4.69) is 22.0 Å². The highest BCUT2D eigenvalue weighted by Crippen LogP contribution is 2.50. The number of para-hydroxylation sites is 1. The van der Waals surface area contributed by atoms with Gasteiger partial charge < -0.3 is 19.5 Å². The molecule has 2 aromatic rings. The van der Waals surface area contributed by atoms with Crippen molar-refractivity contribution in [2.24, 2.45) is 9.98 Å². The largest absolute Gasteiger partial charge is 0.496 e. The molecule has 1 heterocycles. The molecule has 0 bridgehead atoms. The van der Waals surface area contributed by atoms with Crippen molar-refractivity contribution in [2.75, 3.05) is 13.9 Å². The topological polar surface area (TPSA) is 81.5 Å². The lowest BCUT2D eigenvalue weighted by molar-refractivity contribution is -0.122. The van der Waals surface area contributed by atoms with Crippen LogP contribution in [0.5, 0.6) is 17.2 Å². The van der Waals surface area contributed by atoms with E-state index in [9.17, 15) is 4.79 Å². The standard InChI is InChI=1S/C23H23N3O4/c1-15(17-6-4-5-7-18(17)28-3)25-13-21(24-2)26-22(27)23(10-11-23)16-8-9-19-20(12-16)30-14-29-19/h4-9,12-13H,2,10-11,14H2,1,3H3,(H,26,27)/b21-13+,25-15+. The molecule has 0 saturated heterocycles. The highest BCUT2D eigenvalue weighted by molar-refractivity contribution is 6.01. The Morgan fingerprint density at radius 2 is 1.97 bits per heavy atom. The number of amides is 1. The zero-order valence-corrected chi connectivity index (χ0v) is 17.0. The minimum atomic E-state index is -0.591. The third-order valence-corrected chi connectivity index (χ3v) is 5.40. The van der Waals surface area contributed by atoms with Gasteiger partial charge in [-0.25, -0.2) is 4.99 Å². The van der Waals surface area contributed by atoms with Gasteiger partial charge in [0.15, 0.2) is 11.5 Å². The second-order valence-electron chi connectivity index (χ2n) is 7.19. The van der Waals surface area contributed by atoms with E-state index in [1.807, 2.05) is 49.4 Å². The number of rotatable bonds is 7. The SMILES string of the molecule is C=N/C(=C\N=C(/C)c1ccccc1OC)NC(=O)C1(c2ccc3c(c2)OCO3)CC1. The Hall–Kier alpha value is -3.61. The molecular formula is C23H23N3O4. The van der Waals surface area contributed by atoms with Crippen molar-refractivity contribution in [3.63, 3.8) is 0 Å². The zero-order chi connectivity index (χ0) is 21.1. The van der Waals surface area contributed by atoms with Crippen molar-refractivity contribution >= 4 is 18.3 Å². The third-order valence-electron chi connectivity index (χ3n) is 5.40. The summed E-state index contributed by atoms with van der Waals surface area (Å²) in [5.74, 6) is 2.25. The first-order valence-electron chi connectivity index (χ1n) is 9.63. The molecule has 1 aliphatic heterocycles. The molecule has 7 nitrogen and oxygen atoms in total. The number of nitrogens with one attached hydrogen (secondary N) is 1. The molecule has 1 N–H and O–H groups in total. The van der Waals surface area contributed by atoms with Gasteiger partial charge >= 0.3 is 0 Å². The summed E-state index contributed by atoms with van der Waals surface area (Å²) in [4.78, 5) is 21.4. The van der Waals surface area contributed by atoms with Crippen LogP contribution < -0.4 is 19.5 Å². The van der Waals surface area contributed by atoms with Crippen LogP contribution in [0.3, 0.4) is 0 Å². The first-order chi connectivity index (χ1) is 14.6. The molecule has 2 aliphatic rings. The predicted molar refractivity (Wildman–Crippen MR) is 114 cm³/mol. The van der Waals surface area contributed by atoms with Gasteiger partial charge in [-0.05, 0) is 56.3 Å². The highest BCUT2D eigenvalue weighted by atomic mass is 16.7. The Balaban J connectivity index is 1.52. The monoisotopic (exact) mass is 405 g/mol. The molecule has 0 unspecified atom stereocenters. The average Bonchev–Trinajstić information content (AvgIpc) is 3.47. The quantitative estimate of drug-likeness (QED) is 0.714. The van der Waals surface area contributed by atoms with Crippen LogP contribution in [0.4, 0.5) is 0 Å². The molecule has 1 amide bonds. The normalized spacial score (nSPS) is 16.7. The van der Waals surface area contributed by atoms with Crippen molar-refractivity contribution in [1.82, 2.24) is 5.32 Å². The number of nitrogens with zero attached hydrogens (tertiary/aromatic N) is 2. The summed E-state index contributed by atoms with van der Waals surface area (Å²) in [6.45, 7) is 5.63. The summed E-state index contributed by atoms with van der Waals surface area (Å²) in [6, 6.07) is 13.2. The summed E-state index contributed by atoms with van der Waals surface area (Å²) >= 11 is 0. The van der Waals surface area contributed by atoms with E-state index in [0.717, 1.165) is 35.4 Å². The molecule has 0 spiro atoms. The van der Waals surface area contributed by atoms with E-state index >= 15 is 0 Å². The van der Waals surface area contributed by atoms with Crippen molar-refractivity contribution in [1.29, 1.82) is 0 Å². The molecule has 1 aliphatic carbocycles. The Labute approximate surface area is 175 Å². The average molecular weight is 405 g/mol. The van der Waals surface area contributed by atoms with Crippen molar-refractivity contribution in [3.05, 3.63) is 65.6 Å². The molecule has 0 atom stereocenters. The predicted octanol–water partition coefficient (Wildman–Crippen LogP) is 3.58. The maximum absolute atomic E-state index is 13.0. The molecule has 0 aromatic heterocycles. The van der Waals surface area contributed by atoms with Crippen molar-refractivity contribution in [2.45, 2.75) is 25.2 Å². The fourth-order valence-corrected chi connectivity index (χ4v) is 3.49. The summed E-state index contributed by atoms with van der Waals surface area (Å²) in [5.41, 5.74) is 1.91. The maximum Gasteiger partial charge on any atom is 0.236 e. The van der Waals surface area contributed by atoms with Gasteiger partial charge in [-0.3, -0.25) is 9.79 Å². The molecule has 4 rings (SSSR count). The van der Waals surface area contributed by atoms with E-state index in [1.165, 1.54) is 6.20 Å². The van der Waals surface area contributed by atoms with Gasteiger partial charge in [0.25, 0.3) is 0 Å². The Morgan fingerprint density at radius 3 is 2.70 bits per heavy atom. The van der Waals surface area contributed by atoms with Crippen LogP contribution in [0.1, 0.15) is 30.9 Å². The van der Waals surface area contributed by atoms with Gasteiger partial charge in [0.2, 0.25) is 12.7 Å². The van der Waals surface area contributed by atoms with Crippen molar-refractivity contribution in [3.8, 4) is 17.2 Å². The molecule has 2 aromatic carbocycles. The van der Waals surface area contributed by atoms with Crippen LogP contribution in [0, 0.1) is 0 Å². The van der Waals surface area contributed by atoms with E-state index in [-0.39, 0.29) is 12.7 Å². The maximum atomic E-state index is 13.0. The van der Waals surface area contributed by atoms with E-state index in [1.54, 1.807) is 7.11 Å². The number of carbonyl (C=O) groups excluding carboxylic acids is 1. The molecule has 30 heavy (non-hydrogen) atoms. The van der Waals surface area contributed by atoms with Crippen LogP contribution in [0.15, 0.2) is 64.5 Å². The van der Waals surface area contributed by atoms with E-state index < -0.39 is 5.41 Å². The number of aliphatic imine (C=N–C) groups is 2. The van der Waals surface area contributed by atoms with Crippen LogP contribution >= 0.6 is 0 Å². The van der Waals surface area contributed by atoms with E-state index in [4.69, 9.17) is 14.2 Å². The second-order valence-corrected chi connectivity index (χ2v) is 7.19. The zero-order valence-electron chi connectivity index (χ0n) is 17.0. The Morgan fingerprint density at radius 1 is 1.20 bits per heavy atom. The van der Waals surface area contributed by atoms with Gasteiger partial charge in [0.05, 0.1) is 18.7 Å². The van der Waals surface area contributed by atoms with Gasteiger partial charge in [0.1, 0.15) is 11.6 Å². The summed E-state index contributed by atoms with van der Waals surface area (Å²) in [6.07, 6.45) is 3.02. The minimum absolute atomic E-state index is 0.134. The fourth-order valence-electron chi connectivity index (χ4n) is 3.49. The fraction of sp³-hybridized carbons (Fsp3) is 0.261. The van der Waals surface area contributed by atoms with Gasteiger partial charge in [0, 0.05) is 11.3 Å². The molecule has 1 saturated carbocycles. The van der Waals surface area contributed by atoms with Crippen molar-refractivity contribution < 1.29 is 19.0 Å². The lowest BCUT2D eigenvalue weighted by Crippen LogP contribution is -2.33. The van der Waals surface area contributed by atoms with E-state index in [0.29, 0.717) is 17.3 Å². The number of ether oxygens (including phenoxy) is 3. The molecular weight excluding hydrogens is 382 g/mol. The van der Waals surface area contributed by atoms with Crippen LogP contribution in [-0.4, -0.2) is 32.2 Å². The third kappa shape index (κ3) is 3.66. The van der Waals surface area contributed by atoms with Gasteiger partial charge in [-0.15, -0.1) is 0 Å². The second kappa shape index (κ2) is 8.02. The smallest absolute Gasteiger partial charge is 0.236 e. The van der Waals surface area contributed by atoms with Crippen LogP contribution in [0.2, 0.25) is 0 Å².